The number of carboxylic acids is 1. The van der Waals surface area contributed by atoms with Gasteiger partial charge in [0.15, 0.2) is 0 Å². The quantitative estimate of drug-likeness (QED) is 0.664. The number of rotatable bonds is 3. The lowest BCUT2D eigenvalue weighted by Crippen LogP contribution is -2.23. The summed E-state index contributed by atoms with van der Waals surface area (Å²) in [6.07, 6.45) is 2.53. The van der Waals surface area contributed by atoms with Crippen LogP contribution in [0.25, 0.3) is 0 Å². The molecule has 1 fully saturated rings. The van der Waals surface area contributed by atoms with Crippen LogP contribution in [0.5, 0.6) is 0 Å². The summed E-state index contributed by atoms with van der Waals surface area (Å²) in [6, 6.07) is 0. The van der Waals surface area contributed by atoms with Crippen LogP contribution in [0.2, 0.25) is 0 Å². The number of nitrogens with zero attached hydrogens (tertiary/aromatic N) is 1. The maximum Gasteiger partial charge on any atom is 0.328 e. The lowest BCUT2D eigenvalue weighted by atomic mass is 10.4. The van der Waals surface area contributed by atoms with Gasteiger partial charge in [0.25, 0.3) is 5.24 Å². The first-order chi connectivity index (χ1) is 5.70. The van der Waals surface area contributed by atoms with Gasteiger partial charge in [0.1, 0.15) is 0 Å². The number of thioether (sulfide) groups is 1. The van der Waals surface area contributed by atoms with Crippen molar-refractivity contribution in [3.63, 3.8) is 0 Å². The van der Waals surface area contributed by atoms with E-state index >= 15 is 0 Å². The molecule has 1 aliphatic heterocycles. The summed E-state index contributed by atoms with van der Waals surface area (Å²) in [5.41, 5.74) is 0. The van der Waals surface area contributed by atoms with Crippen LogP contribution in [0.3, 0.4) is 0 Å². The number of carbonyl (C=O) groups is 2. The molecule has 0 saturated carbocycles. The number of hydrogen-bond acceptors (Lipinski definition) is 3. The van der Waals surface area contributed by atoms with Gasteiger partial charge in [-0.3, -0.25) is 4.79 Å². The fourth-order valence-electron chi connectivity index (χ4n) is 0.872. The Kier molecular flexibility index (Phi) is 3.16. The van der Waals surface area contributed by atoms with Crippen molar-refractivity contribution >= 4 is 23.0 Å². The minimum atomic E-state index is -0.978. The van der Waals surface area contributed by atoms with Gasteiger partial charge in [0.2, 0.25) is 0 Å². The number of carbonyl (C=O) groups excluding carboxylic acids is 1. The van der Waals surface area contributed by atoms with E-state index in [1.165, 1.54) is 17.8 Å². The highest BCUT2D eigenvalue weighted by Gasteiger charge is 2.19. The highest BCUT2D eigenvalue weighted by molar-refractivity contribution is 8.13. The van der Waals surface area contributed by atoms with E-state index in [0.717, 1.165) is 11.8 Å². The van der Waals surface area contributed by atoms with E-state index < -0.39 is 5.97 Å². The third-order valence-corrected chi connectivity index (χ3v) is 2.32. The van der Waals surface area contributed by atoms with Crippen molar-refractivity contribution in [3.05, 3.63) is 12.2 Å². The topological polar surface area (TPSA) is 57.6 Å². The predicted molar refractivity (Wildman–Crippen MR) is 46.2 cm³/mol. The van der Waals surface area contributed by atoms with Crippen LogP contribution in [0.4, 0.5) is 4.79 Å². The molecule has 1 saturated heterocycles. The van der Waals surface area contributed by atoms with Gasteiger partial charge >= 0.3 is 5.97 Å². The van der Waals surface area contributed by atoms with Crippen molar-refractivity contribution in [2.24, 2.45) is 0 Å². The van der Waals surface area contributed by atoms with Crippen molar-refractivity contribution in [2.45, 2.75) is 0 Å². The average Bonchev–Trinajstić information content (AvgIpc) is 2.36. The van der Waals surface area contributed by atoms with Crippen molar-refractivity contribution in [1.82, 2.24) is 4.90 Å². The molecular formula is C7H9NO3S. The number of hydrogen-bond donors (Lipinski definition) is 1. The van der Waals surface area contributed by atoms with E-state index in [1.54, 1.807) is 4.90 Å². The van der Waals surface area contributed by atoms with Crippen molar-refractivity contribution in [3.8, 4) is 0 Å². The molecule has 0 atom stereocenters. The van der Waals surface area contributed by atoms with E-state index in [9.17, 15) is 9.59 Å². The molecule has 0 aromatic carbocycles. The standard InChI is InChI=1S/C7H9NO3S/c9-6(10)2-1-3-8-4-5-12-7(8)11/h1-2H,3-5H2,(H,9,10)/b2-1+. The van der Waals surface area contributed by atoms with Gasteiger partial charge in [-0.1, -0.05) is 17.8 Å². The maximum atomic E-state index is 11.0. The fraction of sp³-hybridized carbons (Fsp3) is 0.429. The van der Waals surface area contributed by atoms with Crippen LogP contribution in [0.1, 0.15) is 0 Å². The Morgan fingerprint density at radius 3 is 3.00 bits per heavy atom. The molecule has 1 N–H and O–H groups in total. The van der Waals surface area contributed by atoms with E-state index in [1.807, 2.05) is 0 Å². The van der Waals surface area contributed by atoms with Crippen LogP contribution in [-0.2, 0) is 4.79 Å². The molecule has 1 heterocycles. The third kappa shape index (κ3) is 2.58. The maximum absolute atomic E-state index is 11.0. The Bertz CT molecular complexity index is 227. The van der Waals surface area contributed by atoms with E-state index in [2.05, 4.69) is 0 Å². The van der Waals surface area contributed by atoms with Crippen molar-refractivity contribution in [2.75, 3.05) is 18.8 Å². The van der Waals surface area contributed by atoms with Crippen LogP contribution in [0.15, 0.2) is 12.2 Å². The van der Waals surface area contributed by atoms with Crippen LogP contribution in [0, 0.1) is 0 Å². The Morgan fingerprint density at radius 1 is 1.75 bits per heavy atom. The van der Waals surface area contributed by atoms with E-state index in [-0.39, 0.29) is 5.24 Å². The molecule has 5 heteroatoms. The lowest BCUT2D eigenvalue weighted by Gasteiger charge is -2.09. The first-order valence-electron chi connectivity index (χ1n) is 3.51. The molecule has 0 aromatic rings. The summed E-state index contributed by atoms with van der Waals surface area (Å²) in [4.78, 5) is 22.6. The second-order valence-electron chi connectivity index (χ2n) is 2.30. The molecule has 12 heavy (non-hydrogen) atoms. The summed E-state index contributed by atoms with van der Waals surface area (Å²) < 4.78 is 0. The molecular weight excluding hydrogens is 178 g/mol. The zero-order chi connectivity index (χ0) is 8.97. The van der Waals surface area contributed by atoms with Gasteiger partial charge in [-0.05, 0) is 0 Å². The number of aliphatic carboxylic acids is 1. The predicted octanol–water partition coefficient (Wildman–Crippen LogP) is 0.796. The highest BCUT2D eigenvalue weighted by Crippen LogP contribution is 2.16. The second-order valence-corrected chi connectivity index (χ2v) is 3.35. The molecule has 1 rings (SSSR count). The molecule has 0 spiro atoms. The minimum Gasteiger partial charge on any atom is -0.478 e. The summed E-state index contributed by atoms with van der Waals surface area (Å²) in [5.74, 6) is -0.172. The number of carboxylic acid groups (broad SMARTS) is 1. The largest absolute Gasteiger partial charge is 0.478 e. The lowest BCUT2D eigenvalue weighted by molar-refractivity contribution is -0.131. The van der Waals surface area contributed by atoms with Crippen LogP contribution >= 0.6 is 11.8 Å². The first-order valence-corrected chi connectivity index (χ1v) is 4.50. The van der Waals surface area contributed by atoms with E-state index in [0.29, 0.717) is 13.1 Å². The average molecular weight is 187 g/mol. The molecule has 0 bridgehead atoms. The van der Waals surface area contributed by atoms with Crippen LogP contribution < -0.4 is 0 Å². The van der Waals surface area contributed by atoms with Gasteiger partial charge < -0.3 is 10.0 Å². The van der Waals surface area contributed by atoms with Crippen LogP contribution in [-0.4, -0.2) is 40.1 Å². The second kappa shape index (κ2) is 4.15. The van der Waals surface area contributed by atoms with Gasteiger partial charge in [-0.2, -0.15) is 0 Å². The Balaban J connectivity index is 2.31. The Morgan fingerprint density at radius 2 is 2.50 bits per heavy atom. The molecule has 1 aliphatic rings. The van der Waals surface area contributed by atoms with Gasteiger partial charge in [-0.25, -0.2) is 4.79 Å². The normalized spacial score (nSPS) is 17.7. The summed E-state index contributed by atoms with van der Waals surface area (Å²) in [5, 5.41) is 8.29. The Hall–Kier alpha value is -0.970. The third-order valence-electron chi connectivity index (χ3n) is 1.43. The molecule has 66 valence electrons. The SMILES string of the molecule is O=C(O)/C=C/CN1CCSC1=O. The molecule has 0 aromatic heterocycles. The van der Waals surface area contributed by atoms with E-state index in [4.69, 9.17) is 5.11 Å². The molecule has 0 unspecified atom stereocenters. The summed E-state index contributed by atoms with van der Waals surface area (Å²) in [7, 11) is 0. The molecule has 4 nitrogen and oxygen atoms in total. The zero-order valence-corrected chi connectivity index (χ0v) is 7.21. The first kappa shape index (κ1) is 9.12. The van der Waals surface area contributed by atoms with Crippen molar-refractivity contribution in [1.29, 1.82) is 0 Å². The smallest absolute Gasteiger partial charge is 0.328 e. The molecule has 1 amide bonds. The number of amides is 1. The fourth-order valence-corrected chi connectivity index (χ4v) is 1.71. The molecule has 0 aliphatic carbocycles. The minimum absolute atomic E-state index is 0.0324. The zero-order valence-electron chi connectivity index (χ0n) is 6.40. The summed E-state index contributed by atoms with van der Waals surface area (Å²) >= 11 is 1.27. The highest BCUT2D eigenvalue weighted by atomic mass is 32.2. The van der Waals surface area contributed by atoms with Gasteiger partial charge in [0.05, 0.1) is 0 Å². The molecule has 0 radical (unpaired) electrons. The summed E-state index contributed by atoms with van der Waals surface area (Å²) in [6.45, 7) is 1.12. The Labute approximate surface area is 74.2 Å². The monoisotopic (exact) mass is 187 g/mol. The van der Waals surface area contributed by atoms with Gasteiger partial charge in [-0.15, -0.1) is 0 Å². The van der Waals surface area contributed by atoms with Crippen molar-refractivity contribution < 1.29 is 14.7 Å². The van der Waals surface area contributed by atoms with Gasteiger partial charge in [0, 0.05) is 24.9 Å².